The van der Waals surface area contributed by atoms with Crippen LogP contribution in [-0.2, 0) is 6.54 Å². The molecule has 1 aromatic heterocycles. The van der Waals surface area contributed by atoms with Crippen LogP contribution in [0, 0.1) is 13.8 Å². The highest BCUT2D eigenvalue weighted by Crippen LogP contribution is 2.16. The van der Waals surface area contributed by atoms with E-state index in [-0.39, 0.29) is 24.0 Å². The van der Waals surface area contributed by atoms with Gasteiger partial charge in [-0.05, 0) is 52.7 Å². The highest BCUT2D eigenvalue weighted by atomic mass is 127. The fourth-order valence-corrected chi connectivity index (χ4v) is 3.51. The third kappa shape index (κ3) is 6.37. The SMILES string of the molecule is CN=C(NCCCN1CCCC1)NCc1sc(C)nc1C.I. The Bertz CT molecular complexity index is 468. The minimum atomic E-state index is 0. The van der Waals surface area contributed by atoms with E-state index in [1.807, 2.05) is 14.0 Å². The molecule has 2 rings (SSSR count). The summed E-state index contributed by atoms with van der Waals surface area (Å²) in [5.74, 6) is 0.877. The Morgan fingerprint density at radius 3 is 2.59 bits per heavy atom. The number of halogens is 1. The topological polar surface area (TPSA) is 52.6 Å². The maximum Gasteiger partial charge on any atom is 0.191 e. The van der Waals surface area contributed by atoms with Crippen LogP contribution in [0.2, 0.25) is 0 Å². The molecule has 126 valence electrons. The second kappa shape index (κ2) is 10.4. The Morgan fingerprint density at radius 1 is 1.27 bits per heavy atom. The van der Waals surface area contributed by atoms with Crippen LogP contribution in [0.4, 0.5) is 0 Å². The minimum absolute atomic E-state index is 0. The lowest BCUT2D eigenvalue weighted by atomic mass is 10.4. The molecule has 1 saturated heterocycles. The van der Waals surface area contributed by atoms with Gasteiger partial charge in [-0.2, -0.15) is 0 Å². The molecular formula is C15H28IN5S. The summed E-state index contributed by atoms with van der Waals surface area (Å²) in [6.07, 6.45) is 3.90. The van der Waals surface area contributed by atoms with Gasteiger partial charge in [0.2, 0.25) is 0 Å². The van der Waals surface area contributed by atoms with Crippen LogP contribution >= 0.6 is 35.3 Å². The number of hydrogen-bond donors (Lipinski definition) is 2. The molecule has 0 amide bonds. The zero-order chi connectivity index (χ0) is 15.1. The Morgan fingerprint density at radius 2 is 2.00 bits per heavy atom. The van der Waals surface area contributed by atoms with Gasteiger partial charge in [-0.15, -0.1) is 35.3 Å². The molecule has 2 N–H and O–H groups in total. The van der Waals surface area contributed by atoms with E-state index in [4.69, 9.17) is 0 Å². The second-order valence-electron chi connectivity index (χ2n) is 5.50. The van der Waals surface area contributed by atoms with Gasteiger partial charge >= 0.3 is 0 Å². The van der Waals surface area contributed by atoms with E-state index in [1.165, 1.54) is 43.8 Å². The van der Waals surface area contributed by atoms with E-state index >= 15 is 0 Å². The first-order valence-electron chi connectivity index (χ1n) is 7.79. The fourth-order valence-electron chi connectivity index (χ4n) is 2.64. The van der Waals surface area contributed by atoms with Crippen molar-refractivity contribution in [3.05, 3.63) is 15.6 Å². The normalized spacial score (nSPS) is 15.7. The van der Waals surface area contributed by atoms with Crippen molar-refractivity contribution in [2.75, 3.05) is 33.2 Å². The highest BCUT2D eigenvalue weighted by Gasteiger charge is 2.10. The predicted octanol–water partition coefficient (Wildman–Crippen LogP) is 2.53. The summed E-state index contributed by atoms with van der Waals surface area (Å²) in [7, 11) is 1.82. The molecule has 0 unspecified atom stereocenters. The van der Waals surface area contributed by atoms with Crippen LogP contribution in [0.15, 0.2) is 4.99 Å². The van der Waals surface area contributed by atoms with Crippen LogP contribution < -0.4 is 10.6 Å². The van der Waals surface area contributed by atoms with E-state index in [0.717, 1.165) is 29.8 Å². The largest absolute Gasteiger partial charge is 0.356 e. The zero-order valence-electron chi connectivity index (χ0n) is 13.8. The molecule has 0 aromatic carbocycles. The molecule has 1 aliphatic heterocycles. The number of nitrogens with zero attached hydrogens (tertiary/aromatic N) is 3. The van der Waals surface area contributed by atoms with Gasteiger partial charge in [-0.25, -0.2) is 4.98 Å². The number of nitrogens with one attached hydrogen (secondary N) is 2. The molecule has 0 radical (unpaired) electrons. The number of guanidine groups is 1. The van der Waals surface area contributed by atoms with Crippen molar-refractivity contribution in [3.63, 3.8) is 0 Å². The average Bonchev–Trinajstić information content (AvgIpc) is 3.08. The van der Waals surface area contributed by atoms with Crippen LogP contribution in [-0.4, -0.2) is 49.1 Å². The predicted molar refractivity (Wildman–Crippen MR) is 105 cm³/mol. The molecule has 2 heterocycles. The molecular weight excluding hydrogens is 409 g/mol. The first kappa shape index (κ1) is 19.6. The molecule has 0 aliphatic carbocycles. The Labute approximate surface area is 155 Å². The molecule has 1 fully saturated rings. The van der Waals surface area contributed by atoms with Gasteiger partial charge in [-0.3, -0.25) is 4.99 Å². The summed E-state index contributed by atoms with van der Waals surface area (Å²) < 4.78 is 0. The van der Waals surface area contributed by atoms with Crippen LogP contribution in [0.3, 0.4) is 0 Å². The standard InChI is InChI=1S/C15H27N5S.HI/c1-12-14(21-13(2)19-12)11-18-15(16-3)17-7-6-10-20-8-4-5-9-20;/h4-11H2,1-3H3,(H2,16,17,18);1H. The van der Waals surface area contributed by atoms with Gasteiger partial charge in [0, 0.05) is 18.5 Å². The van der Waals surface area contributed by atoms with Crippen molar-refractivity contribution in [2.45, 2.75) is 39.7 Å². The Kier molecular flexibility index (Phi) is 9.27. The smallest absolute Gasteiger partial charge is 0.191 e. The van der Waals surface area contributed by atoms with E-state index < -0.39 is 0 Å². The summed E-state index contributed by atoms with van der Waals surface area (Å²) in [6, 6.07) is 0. The van der Waals surface area contributed by atoms with E-state index in [0.29, 0.717) is 0 Å². The fraction of sp³-hybridized carbons (Fsp3) is 0.733. The summed E-state index contributed by atoms with van der Waals surface area (Å²) in [4.78, 5) is 12.5. The molecule has 0 atom stereocenters. The Balaban J connectivity index is 0.00000242. The number of likely N-dealkylation sites (tertiary alicyclic amines) is 1. The van der Waals surface area contributed by atoms with Gasteiger partial charge < -0.3 is 15.5 Å². The number of hydrogen-bond acceptors (Lipinski definition) is 4. The summed E-state index contributed by atoms with van der Waals surface area (Å²) in [5.41, 5.74) is 1.12. The minimum Gasteiger partial charge on any atom is -0.356 e. The first-order valence-corrected chi connectivity index (χ1v) is 8.60. The molecule has 22 heavy (non-hydrogen) atoms. The van der Waals surface area contributed by atoms with Gasteiger partial charge in [0.05, 0.1) is 17.2 Å². The molecule has 5 nitrogen and oxygen atoms in total. The molecule has 1 aliphatic rings. The van der Waals surface area contributed by atoms with Crippen molar-refractivity contribution in [1.82, 2.24) is 20.5 Å². The second-order valence-corrected chi connectivity index (χ2v) is 6.78. The molecule has 0 saturated carbocycles. The van der Waals surface area contributed by atoms with Crippen molar-refractivity contribution in [1.29, 1.82) is 0 Å². The highest BCUT2D eigenvalue weighted by molar-refractivity contribution is 14.0. The van der Waals surface area contributed by atoms with Gasteiger partial charge in [-0.1, -0.05) is 0 Å². The van der Waals surface area contributed by atoms with Gasteiger partial charge in [0.15, 0.2) is 5.96 Å². The lowest BCUT2D eigenvalue weighted by molar-refractivity contribution is 0.334. The number of thiazole rings is 1. The van der Waals surface area contributed by atoms with E-state index in [9.17, 15) is 0 Å². The van der Waals surface area contributed by atoms with Gasteiger partial charge in [0.1, 0.15) is 0 Å². The number of aliphatic imine (C=N–C) groups is 1. The first-order chi connectivity index (χ1) is 10.2. The van der Waals surface area contributed by atoms with E-state index in [2.05, 4.69) is 32.4 Å². The van der Waals surface area contributed by atoms with Crippen molar-refractivity contribution < 1.29 is 0 Å². The Hall–Kier alpha value is -0.410. The average molecular weight is 437 g/mol. The van der Waals surface area contributed by atoms with Crippen molar-refractivity contribution in [3.8, 4) is 0 Å². The lowest BCUT2D eigenvalue weighted by Crippen LogP contribution is -2.38. The summed E-state index contributed by atoms with van der Waals surface area (Å²) >= 11 is 1.75. The third-order valence-electron chi connectivity index (χ3n) is 3.78. The van der Waals surface area contributed by atoms with Crippen LogP contribution in [0.5, 0.6) is 0 Å². The zero-order valence-corrected chi connectivity index (χ0v) is 17.0. The molecule has 7 heteroatoms. The van der Waals surface area contributed by atoms with Crippen molar-refractivity contribution in [2.24, 2.45) is 4.99 Å². The summed E-state index contributed by atoms with van der Waals surface area (Å²) in [6.45, 7) is 9.62. The number of aryl methyl sites for hydroxylation is 2. The van der Waals surface area contributed by atoms with Crippen LogP contribution in [0.25, 0.3) is 0 Å². The molecule has 0 bridgehead atoms. The van der Waals surface area contributed by atoms with E-state index in [1.54, 1.807) is 11.3 Å². The number of aromatic nitrogens is 1. The maximum absolute atomic E-state index is 4.45. The maximum atomic E-state index is 4.45. The quantitative estimate of drug-likeness (QED) is 0.311. The molecule has 1 aromatic rings. The van der Waals surface area contributed by atoms with Gasteiger partial charge in [0.25, 0.3) is 0 Å². The molecule has 0 spiro atoms. The lowest BCUT2D eigenvalue weighted by Gasteiger charge is -2.15. The number of rotatable bonds is 6. The summed E-state index contributed by atoms with van der Waals surface area (Å²) in [5, 5.41) is 7.87. The third-order valence-corrected chi connectivity index (χ3v) is 4.85. The van der Waals surface area contributed by atoms with Crippen molar-refractivity contribution >= 4 is 41.3 Å². The monoisotopic (exact) mass is 437 g/mol. The van der Waals surface area contributed by atoms with Crippen LogP contribution in [0.1, 0.15) is 34.8 Å².